The van der Waals surface area contributed by atoms with Gasteiger partial charge in [0.25, 0.3) is 5.91 Å². The second kappa shape index (κ2) is 6.07. The number of halogens is 1. The lowest BCUT2D eigenvalue weighted by atomic mass is 9.98. The second-order valence-corrected chi connectivity index (χ2v) is 7.60. The van der Waals surface area contributed by atoms with Crippen molar-refractivity contribution < 1.29 is 4.79 Å². The van der Waals surface area contributed by atoms with Crippen LogP contribution < -0.4 is 0 Å². The van der Waals surface area contributed by atoms with Crippen LogP contribution in [0.2, 0.25) is 0 Å². The third kappa shape index (κ3) is 2.81. The van der Waals surface area contributed by atoms with Crippen molar-refractivity contribution in [2.45, 2.75) is 39.7 Å². The van der Waals surface area contributed by atoms with Gasteiger partial charge in [-0.3, -0.25) is 4.79 Å². The van der Waals surface area contributed by atoms with Gasteiger partial charge in [-0.2, -0.15) is 0 Å². The number of rotatable bonds is 2. The smallest absolute Gasteiger partial charge is 0.256 e. The highest BCUT2D eigenvalue weighted by atomic mass is 79.9. The van der Waals surface area contributed by atoms with E-state index in [0.29, 0.717) is 6.04 Å². The van der Waals surface area contributed by atoms with Gasteiger partial charge in [-0.25, -0.2) is 0 Å². The maximum Gasteiger partial charge on any atom is 0.256 e. The molecule has 1 aliphatic heterocycles. The topological polar surface area (TPSA) is 25.2 Å². The van der Waals surface area contributed by atoms with Crippen LogP contribution in [-0.2, 0) is 0 Å². The first-order valence-corrected chi connectivity index (χ1v) is 8.86. The first kappa shape index (κ1) is 15.6. The molecule has 1 aliphatic rings. The minimum atomic E-state index is 0.179. The van der Waals surface area contributed by atoms with Crippen LogP contribution in [0, 0.1) is 5.92 Å². The Hall–Kier alpha value is -1.29. The van der Waals surface area contributed by atoms with Crippen molar-refractivity contribution in [3.8, 4) is 0 Å². The maximum atomic E-state index is 12.9. The van der Waals surface area contributed by atoms with Crippen LogP contribution in [0.15, 0.2) is 28.9 Å². The van der Waals surface area contributed by atoms with Crippen molar-refractivity contribution in [1.29, 1.82) is 0 Å². The molecule has 0 saturated carbocycles. The van der Waals surface area contributed by atoms with Crippen LogP contribution in [0.5, 0.6) is 0 Å². The van der Waals surface area contributed by atoms with Gasteiger partial charge < -0.3 is 9.47 Å². The lowest BCUT2D eigenvalue weighted by Gasteiger charge is -2.30. The minimum Gasteiger partial charge on any atom is -0.344 e. The van der Waals surface area contributed by atoms with Crippen molar-refractivity contribution in [3.63, 3.8) is 0 Å². The van der Waals surface area contributed by atoms with Crippen molar-refractivity contribution in [3.05, 3.63) is 34.4 Å². The number of nitrogens with zero attached hydrogens (tertiary/aromatic N) is 2. The van der Waals surface area contributed by atoms with E-state index in [-0.39, 0.29) is 5.91 Å². The van der Waals surface area contributed by atoms with Gasteiger partial charge >= 0.3 is 0 Å². The van der Waals surface area contributed by atoms with Gasteiger partial charge in [-0.05, 0) is 44.7 Å². The Morgan fingerprint density at radius 2 is 1.95 bits per heavy atom. The highest BCUT2D eigenvalue weighted by Gasteiger charge is 2.24. The molecule has 3 rings (SSSR count). The average Bonchev–Trinajstić information content (AvgIpc) is 2.86. The third-order valence-corrected chi connectivity index (χ3v) is 5.15. The van der Waals surface area contributed by atoms with Crippen LogP contribution in [0.25, 0.3) is 10.9 Å². The monoisotopic (exact) mass is 362 g/mol. The van der Waals surface area contributed by atoms with E-state index in [0.717, 1.165) is 52.8 Å². The number of amides is 1. The predicted molar refractivity (Wildman–Crippen MR) is 94.3 cm³/mol. The van der Waals surface area contributed by atoms with Crippen LogP contribution in [-0.4, -0.2) is 28.5 Å². The Morgan fingerprint density at radius 3 is 2.59 bits per heavy atom. The Balaban J connectivity index is 2.01. The number of aromatic nitrogens is 1. The van der Waals surface area contributed by atoms with Gasteiger partial charge in [0.2, 0.25) is 0 Å². The molecule has 0 radical (unpaired) electrons. The summed E-state index contributed by atoms with van der Waals surface area (Å²) in [6.45, 7) is 8.33. The lowest BCUT2D eigenvalue weighted by molar-refractivity contribution is 0.0699. The third-order valence-electron chi connectivity index (χ3n) is 4.65. The van der Waals surface area contributed by atoms with Crippen molar-refractivity contribution in [2.24, 2.45) is 5.92 Å². The molecule has 1 aromatic heterocycles. The van der Waals surface area contributed by atoms with Gasteiger partial charge in [0.1, 0.15) is 0 Å². The van der Waals surface area contributed by atoms with Gasteiger partial charge in [-0.1, -0.05) is 28.9 Å². The summed E-state index contributed by atoms with van der Waals surface area (Å²) in [6.07, 6.45) is 4.25. The summed E-state index contributed by atoms with van der Waals surface area (Å²) in [7, 11) is 0. The van der Waals surface area contributed by atoms with Crippen molar-refractivity contribution >= 4 is 32.7 Å². The summed E-state index contributed by atoms with van der Waals surface area (Å²) in [6, 6.07) is 6.50. The zero-order chi connectivity index (χ0) is 15.9. The fraction of sp³-hybridized carbons (Fsp3) is 0.500. The lowest BCUT2D eigenvalue weighted by Crippen LogP contribution is -2.37. The molecule has 0 atom stereocenters. The Bertz CT molecular complexity index is 696. The number of carbonyl (C=O) groups excluding carboxylic acids is 1. The van der Waals surface area contributed by atoms with Crippen LogP contribution in [0.1, 0.15) is 50.0 Å². The quantitative estimate of drug-likeness (QED) is 0.748. The first-order chi connectivity index (χ1) is 10.5. The van der Waals surface area contributed by atoms with E-state index in [1.165, 1.54) is 0 Å². The van der Waals surface area contributed by atoms with Gasteiger partial charge in [0.05, 0.1) is 11.1 Å². The number of fused-ring (bicyclic) bond motifs is 1. The van der Waals surface area contributed by atoms with Crippen molar-refractivity contribution in [2.75, 3.05) is 13.1 Å². The molecule has 0 spiro atoms. The SMILES string of the molecule is CC1CCN(C(=O)c2cn(C(C)C)c3cc(Br)ccc23)CC1. The van der Waals surface area contributed by atoms with E-state index < -0.39 is 0 Å². The summed E-state index contributed by atoms with van der Waals surface area (Å²) in [5, 5.41) is 1.06. The molecule has 0 bridgehead atoms. The van der Waals surface area contributed by atoms with E-state index in [1.54, 1.807) is 0 Å². The van der Waals surface area contributed by atoms with E-state index >= 15 is 0 Å². The number of likely N-dealkylation sites (tertiary alicyclic amines) is 1. The Morgan fingerprint density at radius 1 is 1.27 bits per heavy atom. The molecular formula is C18H23BrN2O. The van der Waals surface area contributed by atoms with Crippen LogP contribution in [0.3, 0.4) is 0 Å². The van der Waals surface area contributed by atoms with E-state index in [1.807, 2.05) is 17.2 Å². The predicted octanol–water partition coefficient (Wildman–Crippen LogP) is 4.86. The molecular weight excluding hydrogens is 340 g/mol. The molecule has 0 unspecified atom stereocenters. The van der Waals surface area contributed by atoms with E-state index in [9.17, 15) is 4.79 Å². The fourth-order valence-corrected chi connectivity index (χ4v) is 3.55. The van der Waals surface area contributed by atoms with E-state index in [2.05, 4.69) is 53.4 Å². The number of benzene rings is 1. The molecule has 3 nitrogen and oxygen atoms in total. The number of piperidine rings is 1. The van der Waals surface area contributed by atoms with Gasteiger partial charge in [0, 0.05) is 35.2 Å². The molecule has 0 N–H and O–H groups in total. The molecule has 1 saturated heterocycles. The molecule has 118 valence electrons. The highest BCUT2D eigenvalue weighted by Crippen LogP contribution is 2.29. The minimum absolute atomic E-state index is 0.179. The van der Waals surface area contributed by atoms with Crippen LogP contribution in [0.4, 0.5) is 0 Å². The number of hydrogen-bond acceptors (Lipinski definition) is 1. The van der Waals surface area contributed by atoms with Gasteiger partial charge in [-0.15, -0.1) is 0 Å². The summed E-state index contributed by atoms with van der Waals surface area (Å²) in [5.74, 6) is 0.913. The average molecular weight is 363 g/mol. The molecule has 2 aromatic rings. The standard InChI is InChI=1S/C18H23BrN2O/c1-12(2)21-11-16(15-5-4-14(19)10-17(15)21)18(22)20-8-6-13(3)7-9-20/h4-5,10-13H,6-9H2,1-3H3. The molecule has 2 heterocycles. The molecule has 1 aromatic carbocycles. The Labute approximate surface area is 140 Å². The Kier molecular flexibility index (Phi) is 4.31. The maximum absolute atomic E-state index is 12.9. The normalized spacial score (nSPS) is 16.7. The molecule has 0 aliphatic carbocycles. The summed E-state index contributed by atoms with van der Waals surface area (Å²) in [4.78, 5) is 15.0. The zero-order valence-electron chi connectivity index (χ0n) is 13.5. The molecule has 1 fully saturated rings. The molecule has 1 amide bonds. The first-order valence-electron chi connectivity index (χ1n) is 8.06. The van der Waals surface area contributed by atoms with Crippen molar-refractivity contribution in [1.82, 2.24) is 9.47 Å². The number of carbonyl (C=O) groups is 1. The van der Waals surface area contributed by atoms with Gasteiger partial charge in [0.15, 0.2) is 0 Å². The molecule has 22 heavy (non-hydrogen) atoms. The number of hydrogen-bond donors (Lipinski definition) is 0. The zero-order valence-corrected chi connectivity index (χ0v) is 15.1. The highest BCUT2D eigenvalue weighted by molar-refractivity contribution is 9.10. The van der Waals surface area contributed by atoms with Crippen LogP contribution >= 0.6 is 15.9 Å². The summed E-state index contributed by atoms with van der Waals surface area (Å²) >= 11 is 3.54. The summed E-state index contributed by atoms with van der Waals surface area (Å²) < 4.78 is 3.24. The largest absolute Gasteiger partial charge is 0.344 e. The second-order valence-electron chi connectivity index (χ2n) is 6.68. The summed E-state index contributed by atoms with van der Waals surface area (Å²) in [5.41, 5.74) is 1.96. The fourth-order valence-electron chi connectivity index (χ4n) is 3.20. The van der Waals surface area contributed by atoms with E-state index in [4.69, 9.17) is 0 Å². The molecule has 4 heteroatoms.